The first-order chi connectivity index (χ1) is 15.6. The molecule has 0 bridgehead atoms. The van der Waals surface area contributed by atoms with Gasteiger partial charge in [0.05, 0.1) is 0 Å². The Bertz CT molecular complexity index is 1330. The van der Waals surface area contributed by atoms with Crippen LogP contribution in [-0.4, -0.2) is 22.0 Å². The molecule has 3 aromatic carbocycles. The number of hydrogen-bond acceptors (Lipinski definition) is 2. The van der Waals surface area contributed by atoms with Gasteiger partial charge in [-0.3, -0.25) is 0 Å². The molecule has 6 N–H and O–H groups in total. The number of amides is 4. The lowest BCUT2D eigenvalue weighted by Gasteiger charge is -2.11. The van der Waals surface area contributed by atoms with Gasteiger partial charge in [0.15, 0.2) is 0 Å². The molecule has 0 spiro atoms. The number of aromatic amines is 2. The van der Waals surface area contributed by atoms with E-state index in [1.807, 2.05) is 60.9 Å². The van der Waals surface area contributed by atoms with Gasteiger partial charge in [0.25, 0.3) is 0 Å². The Hall–Kier alpha value is -4.72. The van der Waals surface area contributed by atoms with Crippen molar-refractivity contribution in [1.29, 1.82) is 0 Å². The molecule has 0 saturated heterocycles. The van der Waals surface area contributed by atoms with E-state index in [-0.39, 0.29) is 12.1 Å². The maximum absolute atomic E-state index is 12.4. The summed E-state index contributed by atoms with van der Waals surface area (Å²) in [6.45, 7) is 0. The minimum Gasteiger partial charge on any atom is -0.361 e. The molecule has 5 rings (SSSR count). The number of carbonyl (C=O) groups excluding carboxylic acids is 2. The monoisotopic (exact) mass is 424 g/mol. The van der Waals surface area contributed by atoms with Gasteiger partial charge in [-0.25, -0.2) is 9.59 Å². The molecular formula is C24H20N6O2. The lowest BCUT2D eigenvalue weighted by Crippen LogP contribution is -2.21. The third-order valence-corrected chi connectivity index (χ3v) is 5.00. The number of carbonyl (C=O) groups is 2. The molecule has 2 aromatic heterocycles. The Labute approximate surface area is 183 Å². The predicted octanol–water partition coefficient (Wildman–Crippen LogP) is 5.94. The first kappa shape index (κ1) is 19.3. The highest BCUT2D eigenvalue weighted by molar-refractivity contribution is 6.03. The van der Waals surface area contributed by atoms with E-state index in [1.54, 1.807) is 24.3 Å². The van der Waals surface area contributed by atoms with Crippen LogP contribution in [-0.2, 0) is 0 Å². The molecular weight excluding hydrogens is 404 g/mol. The van der Waals surface area contributed by atoms with Crippen molar-refractivity contribution in [2.24, 2.45) is 0 Å². The molecule has 0 atom stereocenters. The average molecular weight is 424 g/mol. The van der Waals surface area contributed by atoms with Gasteiger partial charge >= 0.3 is 12.1 Å². The second-order valence-corrected chi connectivity index (χ2v) is 7.30. The molecule has 0 unspecified atom stereocenters. The molecule has 0 aliphatic carbocycles. The van der Waals surface area contributed by atoms with Crippen molar-refractivity contribution in [2.75, 3.05) is 21.3 Å². The summed E-state index contributed by atoms with van der Waals surface area (Å²) >= 11 is 0. The minimum absolute atomic E-state index is 0.374. The van der Waals surface area contributed by atoms with Gasteiger partial charge < -0.3 is 31.2 Å². The summed E-state index contributed by atoms with van der Waals surface area (Å²) in [6, 6.07) is 21.3. The normalized spacial score (nSPS) is 10.8. The highest BCUT2D eigenvalue weighted by Gasteiger charge is 2.07. The molecule has 0 aliphatic heterocycles. The van der Waals surface area contributed by atoms with Crippen molar-refractivity contribution in [3.8, 4) is 0 Å². The zero-order chi connectivity index (χ0) is 21.9. The largest absolute Gasteiger partial charge is 0.361 e. The molecule has 0 radical (unpaired) electrons. The van der Waals surface area contributed by atoms with Crippen molar-refractivity contribution in [3.63, 3.8) is 0 Å². The number of hydrogen-bond donors (Lipinski definition) is 6. The van der Waals surface area contributed by atoms with Gasteiger partial charge in [-0.2, -0.15) is 0 Å². The highest BCUT2D eigenvalue weighted by Crippen LogP contribution is 2.20. The highest BCUT2D eigenvalue weighted by atomic mass is 16.2. The third kappa shape index (κ3) is 4.24. The average Bonchev–Trinajstić information content (AvgIpc) is 3.42. The van der Waals surface area contributed by atoms with Crippen molar-refractivity contribution in [2.45, 2.75) is 0 Å². The Kier molecular flexibility index (Phi) is 4.93. The van der Waals surface area contributed by atoms with E-state index in [1.165, 1.54) is 0 Å². The van der Waals surface area contributed by atoms with Crippen LogP contribution in [0.15, 0.2) is 85.2 Å². The van der Waals surface area contributed by atoms with E-state index in [2.05, 4.69) is 31.2 Å². The zero-order valence-corrected chi connectivity index (χ0v) is 16.9. The SMILES string of the molecule is O=C(Nc1cccc(NC(=O)Nc2ccc3[nH]ccc3c2)c1)Nc1ccc2[nH]ccc2c1. The van der Waals surface area contributed by atoms with E-state index >= 15 is 0 Å². The lowest BCUT2D eigenvalue weighted by atomic mass is 10.2. The van der Waals surface area contributed by atoms with Gasteiger partial charge in [0.1, 0.15) is 0 Å². The van der Waals surface area contributed by atoms with E-state index in [9.17, 15) is 9.59 Å². The number of benzene rings is 3. The molecule has 2 heterocycles. The molecule has 5 aromatic rings. The maximum atomic E-state index is 12.4. The van der Waals surface area contributed by atoms with E-state index in [4.69, 9.17) is 0 Å². The number of urea groups is 2. The second-order valence-electron chi connectivity index (χ2n) is 7.30. The third-order valence-electron chi connectivity index (χ3n) is 5.00. The fourth-order valence-corrected chi connectivity index (χ4v) is 3.52. The molecule has 0 fully saturated rings. The fraction of sp³-hybridized carbons (Fsp3) is 0. The smallest absolute Gasteiger partial charge is 0.323 e. The Morgan fingerprint density at radius 3 is 1.44 bits per heavy atom. The quantitative estimate of drug-likeness (QED) is 0.214. The van der Waals surface area contributed by atoms with Gasteiger partial charge in [0, 0.05) is 56.9 Å². The van der Waals surface area contributed by atoms with Gasteiger partial charge in [-0.15, -0.1) is 0 Å². The van der Waals surface area contributed by atoms with Gasteiger partial charge in [-0.1, -0.05) is 6.07 Å². The van der Waals surface area contributed by atoms with Gasteiger partial charge in [0.2, 0.25) is 0 Å². The van der Waals surface area contributed by atoms with Gasteiger partial charge in [-0.05, 0) is 66.7 Å². The van der Waals surface area contributed by atoms with Crippen LogP contribution in [0.4, 0.5) is 32.3 Å². The van der Waals surface area contributed by atoms with Crippen LogP contribution in [0.5, 0.6) is 0 Å². The van der Waals surface area contributed by atoms with Crippen LogP contribution in [0.3, 0.4) is 0 Å². The van der Waals surface area contributed by atoms with Crippen LogP contribution in [0.2, 0.25) is 0 Å². The number of aromatic nitrogens is 2. The lowest BCUT2D eigenvalue weighted by molar-refractivity contribution is 0.261. The standard InChI is InChI=1S/C24H20N6O2/c31-23(29-19-4-6-21-15(12-19)8-10-25-21)27-17-2-1-3-18(14-17)28-24(32)30-20-5-7-22-16(13-20)9-11-26-22/h1-14,25-26H,(H2,27,29,31)(H2,28,30,32). The molecule has 32 heavy (non-hydrogen) atoms. The van der Waals surface area contributed by atoms with Crippen LogP contribution in [0.25, 0.3) is 21.8 Å². The summed E-state index contributed by atoms with van der Waals surface area (Å²) in [5, 5.41) is 13.2. The number of anilines is 4. The Morgan fingerprint density at radius 2 is 0.969 bits per heavy atom. The molecule has 8 heteroatoms. The predicted molar refractivity (Wildman–Crippen MR) is 128 cm³/mol. The zero-order valence-electron chi connectivity index (χ0n) is 16.9. The summed E-state index contributed by atoms with van der Waals surface area (Å²) in [4.78, 5) is 31.0. The van der Waals surface area contributed by atoms with Crippen LogP contribution in [0, 0.1) is 0 Å². The van der Waals surface area contributed by atoms with E-state index < -0.39 is 0 Å². The first-order valence-electron chi connectivity index (χ1n) is 10.0. The summed E-state index contributed by atoms with van der Waals surface area (Å²) < 4.78 is 0. The van der Waals surface area contributed by atoms with Crippen molar-refractivity contribution >= 4 is 56.6 Å². The van der Waals surface area contributed by atoms with Crippen molar-refractivity contribution in [1.82, 2.24) is 9.97 Å². The number of rotatable bonds is 4. The molecule has 0 aliphatic rings. The molecule has 8 nitrogen and oxygen atoms in total. The van der Waals surface area contributed by atoms with Crippen molar-refractivity contribution in [3.05, 3.63) is 85.2 Å². The molecule has 158 valence electrons. The van der Waals surface area contributed by atoms with Crippen LogP contribution >= 0.6 is 0 Å². The van der Waals surface area contributed by atoms with Crippen LogP contribution < -0.4 is 21.3 Å². The summed E-state index contributed by atoms with van der Waals surface area (Å²) in [5.41, 5.74) is 4.47. The molecule has 4 amide bonds. The van der Waals surface area contributed by atoms with E-state index in [0.29, 0.717) is 22.7 Å². The van der Waals surface area contributed by atoms with E-state index in [0.717, 1.165) is 21.8 Å². The fourth-order valence-electron chi connectivity index (χ4n) is 3.52. The second kappa shape index (κ2) is 8.19. The van der Waals surface area contributed by atoms with Crippen LogP contribution in [0.1, 0.15) is 0 Å². The number of H-pyrrole nitrogens is 2. The van der Waals surface area contributed by atoms with Crippen molar-refractivity contribution < 1.29 is 9.59 Å². The first-order valence-corrected chi connectivity index (χ1v) is 10.0. The topological polar surface area (TPSA) is 114 Å². The molecule has 0 saturated carbocycles. The summed E-state index contributed by atoms with van der Waals surface area (Å²) in [6.07, 6.45) is 3.70. The maximum Gasteiger partial charge on any atom is 0.323 e. The number of nitrogens with one attached hydrogen (secondary N) is 6. The Balaban J connectivity index is 1.20. The Morgan fingerprint density at radius 1 is 0.531 bits per heavy atom. The minimum atomic E-state index is -0.374. The number of fused-ring (bicyclic) bond motifs is 2. The summed E-state index contributed by atoms with van der Waals surface area (Å²) in [7, 11) is 0. The summed E-state index contributed by atoms with van der Waals surface area (Å²) in [5.74, 6) is 0.